The monoisotopic (exact) mass is 381 g/mol. The van der Waals surface area contributed by atoms with Crippen LogP contribution in [0, 0.1) is 6.92 Å². The average Bonchev–Trinajstić information content (AvgIpc) is 2.91. The molecule has 134 valence electrons. The van der Waals surface area contributed by atoms with Gasteiger partial charge >= 0.3 is 0 Å². The number of aromatic nitrogens is 1. The van der Waals surface area contributed by atoms with E-state index in [9.17, 15) is 13.2 Å². The molecule has 0 radical (unpaired) electrons. The summed E-state index contributed by atoms with van der Waals surface area (Å²) in [6.45, 7) is 3.83. The smallest absolute Gasteiger partial charge is 0.262 e. The van der Waals surface area contributed by atoms with E-state index in [1.54, 1.807) is 12.1 Å². The highest BCUT2D eigenvalue weighted by atomic mass is 32.2. The van der Waals surface area contributed by atoms with Gasteiger partial charge < -0.3 is 10.1 Å². The molecule has 0 aliphatic carbocycles. The molecule has 1 aliphatic heterocycles. The molecule has 1 aromatic carbocycles. The molecule has 7 nitrogen and oxygen atoms in total. The third kappa shape index (κ3) is 4.10. The maximum atomic E-state index is 12.0. The Morgan fingerprint density at radius 2 is 2.20 bits per heavy atom. The number of nitrogens with one attached hydrogen (secondary N) is 2. The lowest BCUT2D eigenvalue weighted by Crippen LogP contribution is -2.25. The van der Waals surface area contributed by atoms with Crippen molar-refractivity contribution >= 4 is 38.1 Å². The summed E-state index contributed by atoms with van der Waals surface area (Å²) in [6.07, 6.45) is 1.42. The largest absolute Gasteiger partial charge is 0.482 e. The number of thiazole rings is 1. The summed E-state index contributed by atoms with van der Waals surface area (Å²) >= 11 is 1.29. The second-order valence-electron chi connectivity index (χ2n) is 5.75. The van der Waals surface area contributed by atoms with Gasteiger partial charge in [-0.2, -0.15) is 0 Å². The van der Waals surface area contributed by atoms with E-state index in [1.807, 2.05) is 19.9 Å². The molecule has 0 saturated heterocycles. The van der Waals surface area contributed by atoms with Crippen molar-refractivity contribution in [2.75, 3.05) is 22.4 Å². The fourth-order valence-corrected chi connectivity index (χ4v) is 4.77. The molecular weight excluding hydrogens is 362 g/mol. The van der Waals surface area contributed by atoms with Gasteiger partial charge in [0, 0.05) is 10.4 Å². The Labute approximate surface area is 150 Å². The molecule has 0 fully saturated rings. The number of fused-ring (bicyclic) bond motifs is 1. The number of sulfonamides is 1. The lowest BCUT2D eigenvalue weighted by Gasteiger charge is -2.18. The molecule has 2 N–H and O–H groups in total. The van der Waals surface area contributed by atoms with Crippen molar-refractivity contribution in [3.05, 3.63) is 23.1 Å². The Balaban J connectivity index is 1.86. The zero-order chi connectivity index (χ0) is 18.0. The van der Waals surface area contributed by atoms with Gasteiger partial charge in [0.15, 0.2) is 11.7 Å². The summed E-state index contributed by atoms with van der Waals surface area (Å²) in [5.74, 6) is 0.486. The Kier molecular flexibility index (Phi) is 4.96. The number of carbonyl (C=O) groups is 1. The van der Waals surface area contributed by atoms with Gasteiger partial charge in [0.2, 0.25) is 10.0 Å². The number of nitrogens with zero attached hydrogens (tertiary/aromatic N) is 1. The zero-order valence-corrected chi connectivity index (χ0v) is 15.6. The van der Waals surface area contributed by atoms with E-state index < -0.39 is 10.0 Å². The van der Waals surface area contributed by atoms with Gasteiger partial charge in [-0.05, 0) is 31.5 Å². The number of carbonyl (C=O) groups excluding carboxylic acids is 1. The number of hydrogen-bond donors (Lipinski definition) is 2. The van der Waals surface area contributed by atoms with Gasteiger partial charge in [0.1, 0.15) is 5.75 Å². The van der Waals surface area contributed by atoms with Gasteiger partial charge in [0.05, 0.1) is 17.1 Å². The minimum Gasteiger partial charge on any atom is -0.482 e. The van der Waals surface area contributed by atoms with E-state index in [1.165, 1.54) is 11.3 Å². The first-order valence-corrected chi connectivity index (χ1v) is 10.4. The highest BCUT2D eigenvalue weighted by Gasteiger charge is 2.19. The van der Waals surface area contributed by atoms with E-state index >= 15 is 0 Å². The number of aryl methyl sites for hydroxylation is 1. The minimum atomic E-state index is -3.38. The third-order valence-corrected chi connectivity index (χ3v) is 6.04. The minimum absolute atomic E-state index is 0.00572. The van der Waals surface area contributed by atoms with Gasteiger partial charge in [-0.15, -0.1) is 11.3 Å². The maximum absolute atomic E-state index is 12.0. The molecule has 0 spiro atoms. The molecule has 3 rings (SSSR count). The summed E-state index contributed by atoms with van der Waals surface area (Å²) in [6, 6.07) is 5.39. The molecule has 0 atom stereocenters. The molecule has 2 aromatic rings. The van der Waals surface area contributed by atoms with Gasteiger partial charge in [-0.3, -0.25) is 9.52 Å². The highest BCUT2D eigenvalue weighted by molar-refractivity contribution is 7.92. The van der Waals surface area contributed by atoms with Crippen LogP contribution in [0.2, 0.25) is 0 Å². The molecule has 25 heavy (non-hydrogen) atoms. The normalized spacial score (nSPS) is 13.8. The van der Waals surface area contributed by atoms with E-state index in [4.69, 9.17) is 4.74 Å². The van der Waals surface area contributed by atoms with E-state index in [-0.39, 0.29) is 18.3 Å². The van der Waals surface area contributed by atoms with E-state index in [0.717, 1.165) is 16.9 Å². The topological polar surface area (TPSA) is 97.4 Å². The van der Waals surface area contributed by atoms with Crippen LogP contribution in [0.15, 0.2) is 18.2 Å². The Hall–Kier alpha value is -2.13. The molecule has 1 amide bonds. The number of anilines is 2. The van der Waals surface area contributed by atoms with Crippen LogP contribution in [0.5, 0.6) is 5.75 Å². The Bertz CT molecular complexity index is 906. The lowest BCUT2D eigenvalue weighted by atomic mass is 10.1. The molecular formula is C16H19N3O4S2. The molecule has 0 bridgehead atoms. The standard InChI is InChI=1S/C16H19N3O4S2/c1-3-4-7-25(21,22)19-16-18-15(10(2)24-16)11-5-6-13-12(8-11)17-14(20)9-23-13/h5-6,8H,3-4,7,9H2,1-2H3,(H,17,20)(H,18,19). The van der Waals surface area contributed by atoms with Crippen molar-refractivity contribution in [1.29, 1.82) is 0 Å². The molecule has 9 heteroatoms. The quantitative estimate of drug-likeness (QED) is 0.802. The van der Waals surface area contributed by atoms with Crippen LogP contribution in [-0.4, -0.2) is 31.7 Å². The fourth-order valence-electron chi connectivity index (χ4n) is 2.46. The average molecular weight is 381 g/mol. The second kappa shape index (κ2) is 7.01. The molecule has 2 heterocycles. The lowest BCUT2D eigenvalue weighted by molar-refractivity contribution is -0.118. The predicted molar refractivity (Wildman–Crippen MR) is 98.7 cm³/mol. The van der Waals surface area contributed by atoms with Gasteiger partial charge in [-0.1, -0.05) is 13.3 Å². The van der Waals surface area contributed by atoms with Crippen molar-refractivity contribution < 1.29 is 17.9 Å². The van der Waals surface area contributed by atoms with Crippen molar-refractivity contribution in [2.45, 2.75) is 26.7 Å². The van der Waals surface area contributed by atoms with Crippen LogP contribution >= 0.6 is 11.3 Å². The van der Waals surface area contributed by atoms with Crippen LogP contribution in [0.3, 0.4) is 0 Å². The number of unbranched alkanes of at least 4 members (excludes halogenated alkanes) is 1. The molecule has 0 saturated carbocycles. The van der Waals surface area contributed by atoms with Crippen LogP contribution in [0.25, 0.3) is 11.3 Å². The Morgan fingerprint density at radius 3 is 2.96 bits per heavy atom. The zero-order valence-electron chi connectivity index (χ0n) is 14.0. The number of amides is 1. The molecule has 1 aliphatic rings. The van der Waals surface area contributed by atoms with E-state index in [2.05, 4.69) is 15.0 Å². The summed E-state index contributed by atoms with van der Waals surface area (Å²) in [4.78, 5) is 16.8. The van der Waals surface area contributed by atoms with Crippen LogP contribution in [0.4, 0.5) is 10.8 Å². The van der Waals surface area contributed by atoms with Gasteiger partial charge in [-0.25, -0.2) is 13.4 Å². The third-order valence-electron chi connectivity index (χ3n) is 3.69. The summed E-state index contributed by atoms with van der Waals surface area (Å²) in [5, 5.41) is 3.11. The number of ether oxygens (including phenoxy) is 1. The Morgan fingerprint density at radius 1 is 1.40 bits per heavy atom. The second-order valence-corrected chi connectivity index (χ2v) is 8.79. The van der Waals surface area contributed by atoms with Crippen molar-refractivity contribution in [3.63, 3.8) is 0 Å². The van der Waals surface area contributed by atoms with Crippen molar-refractivity contribution in [2.24, 2.45) is 0 Å². The fraction of sp³-hybridized carbons (Fsp3) is 0.375. The number of hydrogen-bond acceptors (Lipinski definition) is 6. The van der Waals surface area contributed by atoms with Gasteiger partial charge in [0.25, 0.3) is 5.91 Å². The maximum Gasteiger partial charge on any atom is 0.262 e. The van der Waals surface area contributed by atoms with Crippen molar-refractivity contribution in [3.8, 4) is 17.0 Å². The summed E-state index contributed by atoms with van der Waals surface area (Å²) in [7, 11) is -3.38. The first-order valence-electron chi connectivity index (χ1n) is 7.93. The van der Waals surface area contributed by atoms with Crippen molar-refractivity contribution in [1.82, 2.24) is 4.98 Å². The first-order chi connectivity index (χ1) is 11.9. The molecule has 0 unspecified atom stereocenters. The molecule has 1 aromatic heterocycles. The number of rotatable bonds is 6. The first kappa shape index (κ1) is 17.7. The van der Waals surface area contributed by atoms with Crippen LogP contribution < -0.4 is 14.8 Å². The predicted octanol–water partition coefficient (Wildman–Crippen LogP) is 2.99. The van der Waals surface area contributed by atoms with Crippen LogP contribution in [-0.2, 0) is 14.8 Å². The van der Waals surface area contributed by atoms with Crippen LogP contribution in [0.1, 0.15) is 24.6 Å². The number of benzene rings is 1. The highest BCUT2D eigenvalue weighted by Crippen LogP contribution is 2.36. The SMILES string of the molecule is CCCCS(=O)(=O)Nc1nc(-c2ccc3c(c2)NC(=O)CO3)c(C)s1. The summed E-state index contributed by atoms with van der Waals surface area (Å²) < 4.78 is 32.0. The summed E-state index contributed by atoms with van der Waals surface area (Å²) in [5.41, 5.74) is 2.06. The van der Waals surface area contributed by atoms with E-state index in [0.29, 0.717) is 28.7 Å².